The molecule has 0 aromatic carbocycles. The van der Waals surface area contributed by atoms with Gasteiger partial charge < -0.3 is 15.6 Å². The van der Waals surface area contributed by atoms with Crippen LogP contribution >= 0.6 is 11.3 Å². The summed E-state index contributed by atoms with van der Waals surface area (Å²) in [5.74, 6) is -0.0841. The number of nitrogens with zero attached hydrogens (tertiary/aromatic N) is 1. The summed E-state index contributed by atoms with van der Waals surface area (Å²) in [6, 6.07) is 3.44. The first kappa shape index (κ1) is 13.3. The minimum absolute atomic E-state index is 0.199. The number of hydrogen-bond acceptors (Lipinski definition) is 5. The van der Waals surface area contributed by atoms with E-state index in [-0.39, 0.29) is 12.3 Å². The number of amides is 2. The molecule has 0 aliphatic heterocycles. The molecule has 0 aliphatic carbocycles. The average Bonchev–Trinajstić information content (AvgIpc) is 2.95. The maximum atomic E-state index is 11.7. The lowest BCUT2D eigenvalue weighted by Crippen LogP contribution is -2.16. The molecule has 2 aromatic heterocycles. The number of aromatic nitrogens is 1. The van der Waals surface area contributed by atoms with Crippen molar-refractivity contribution in [3.05, 3.63) is 33.8 Å². The van der Waals surface area contributed by atoms with Gasteiger partial charge >= 0.3 is 0 Å². The highest BCUT2D eigenvalue weighted by Crippen LogP contribution is 2.21. The molecule has 2 rings (SSSR count). The zero-order valence-corrected chi connectivity index (χ0v) is 11.1. The molecule has 0 unspecified atom stereocenters. The Hall–Kier alpha value is -2.15. The minimum atomic E-state index is -0.545. The van der Waals surface area contributed by atoms with Crippen LogP contribution < -0.4 is 11.1 Å². The van der Waals surface area contributed by atoms with Crippen LogP contribution in [0.25, 0.3) is 0 Å². The van der Waals surface area contributed by atoms with Crippen LogP contribution in [0.4, 0.5) is 5.69 Å². The van der Waals surface area contributed by atoms with Crippen LogP contribution in [0.5, 0.6) is 0 Å². The molecule has 0 saturated carbocycles. The third kappa shape index (κ3) is 3.41. The summed E-state index contributed by atoms with van der Waals surface area (Å²) in [6.07, 6.45) is 0.714. The fraction of sp³-hybridized carbons (Fsp3) is 0.250. The summed E-state index contributed by atoms with van der Waals surface area (Å²) in [6.45, 7) is 1.82. The second-order valence-electron chi connectivity index (χ2n) is 4.01. The van der Waals surface area contributed by atoms with Gasteiger partial charge in [0.2, 0.25) is 5.91 Å². The Balaban J connectivity index is 1.90. The van der Waals surface area contributed by atoms with Crippen molar-refractivity contribution in [2.75, 3.05) is 5.32 Å². The summed E-state index contributed by atoms with van der Waals surface area (Å²) in [5.41, 5.74) is 6.44. The molecule has 0 radical (unpaired) electrons. The Morgan fingerprint density at radius 3 is 2.95 bits per heavy atom. The highest BCUT2D eigenvalue weighted by atomic mass is 32.1. The third-order valence-electron chi connectivity index (χ3n) is 2.44. The van der Waals surface area contributed by atoms with Gasteiger partial charge in [-0.15, -0.1) is 11.3 Å². The molecule has 6 nitrogen and oxygen atoms in total. The SMILES string of the molecule is Cc1cc(CCC(=O)Nc2ccsc2C(N)=O)on1. The normalized spacial score (nSPS) is 10.4. The van der Waals surface area contributed by atoms with Crippen molar-refractivity contribution in [3.8, 4) is 0 Å². The number of hydrogen-bond donors (Lipinski definition) is 2. The van der Waals surface area contributed by atoms with Crippen molar-refractivity contribution in [3.63, 3.8) is 0 Å². The fourth-order valence-electron chi connectivity index (χ4n) is 1.58. The van der Waals surface area contributed by atoms with E-state index in [9.17, 15) is 9.59 Å². The number of nitrogens with two attached hydrogens (primary N) is 1. The summed E-state index contributed by atoms with van der Waals surface area (Å²) >= 11 is 1.20. The van der Waals surface area contributed by atoms with E-state index in [1.807, 2.05) is 6.92 Å². The molecule has 7 heteroatoms. The average molecular weight is 279 g/mol. The van der Waals surface area contributed by atoms with Crippen LogP contribution in [0.1, 0.15) is 27.5 Å². The molecular formula is C12H13N3O3S. The number of thiophene rings is 1. The molecular weight excluding hydrogens is 266 g/mol. The Bertz CT molecular complexity index is 603. The number of rotatable bonds is 5. The zero-order valence-electron chi connectivity index (χ0n) is 10.3. The molecule has 3 N–H and O–H groups in total. The van der Waals surface area contributed by atoms with E-state index in [0.717, 1.165) is 5.69 Å². The topological polar surface area (TPSA) is 98.2 Å². The largest absolute Gasteiger partial charge is 0.365 e. The van der Waals surface area contributed by atoms with Crippen molar-refractivity contribution < 1.29 is 14.1 Å². The molecule has 19 heavy (non-hydrogen) atoms. The number of carbonyl (C=O) groups excluding carboxylic acids is 2. The fourth-order valence-corrected chi connectivity index (χ4v) is 2.28. The summed E-state index contributed by atoms with van der Waals surface area (Å²) < 4.78 is 5.01. The van der Waals surface area contributed by atoms with E-state index < -0.39 is 5.91 Å². The van der Waals surface area contributed by atoms with Crippen LogP contribution in [0.15, 0.2) is 22.0 Å². The number of anilines is 1. The van der Waals surface area contributed by atoms with Gasteiger partial charge in [-0.3, -0.25) is 9.59 Å². The standard InChI is InChI=1S/C12H13N3O3S/c1-7-6-8(18-15-7)2-3-10(16)14-9-4-5-19-11(9)12(13)17/h4-6H,2-3H2,1H3,(H2,13,17)(H,14,16). The van der Waals surface area contributed by atoms with Crippen LogP contribution in [0.3, 0.4) is 0 Å². The summed E-state index contributed by atoms with van der Waals surface area (Å²) in [7, 11) is 0. The predicted molar refractivity (Wildman–Crippen MR) is 71.0 cm³/mol. The van der Waals surface area contributed by atoms with Gasteiger partial charge in [0.1, 0.15) is 10.6 Å². The lowest BCUT2D eigenvalue weighted by atomic mass is 10.2. The number of primary amides is 1. The molecule has 0 saturated heterocycles. The molecule has 0 bridgehead atoms. The Morgan fingerprint density at radius 2 is 2.32 bits per heavy atom. The van der Waals surface area contributed by atoms with E-state index in [1.165, 1.54) is 11.3 Å². The van der Waals surface area contributed by atoms with Gasteiger partial charge in [0.05, 0.1) is 11.4 Å². The van der Waals surface area contributed by atoms with E-state index in [4.69, 9.17) is 10.3 Å². The number of nitrogens with one attached hydrogen (secondary N) is 1. The first-order valence-corrected chi connectivity index (χ1v) is 6.53. The van der Waals surface area contributed by atoms with Crippen LogP contribution in [-0.2, 0) is 11.2 Å². The molecule has 0 aliphatic rings. The van der Waals surface area contributed by atoms with Gasteiger partial charge in [-0.25, -0.2) is 0 Å². The first-order chi connectivity index (χ1) is 9.06. The van der Waals surface area contributed by atoms with E-state index in [0.29, 0.717) is 22.7 Å². The highest BCUT2D eigenvalue weighted by Gasteiger charge is 2.13. The van der Waals surface area contributed by atoms with Crippen molar-refractivity contribution in [2.45, 2.75) is 19.8 Å². The quantitative estimate of drug-likeness (QED) is 0.870. The van der Waals surface area contributed by atoms with Crippen LogP contribution in [0, 0.1) is 6.92 Å². The highest BCUT2D eigenvalue weighted by molar-refractivity contribution is 7.12. The summed E-state index contributed by atoms with van der Waals surface area (Å²) in [4.78, 5) is 23.2. The Kier molecular flexibility index (Phi) is 3.96. The predicted octanol–water partition coefficient (Wildman–Crippen LogP) is 1.71. The lowest BCUT2D eigenvalue weighted by Gasteiger charge is -2.03. The molecule has 0 spiro atoms. The lowest BCUT2D eigenvalue weighted by molar-refractivity contribution is -0.116. The number of carbonyl (C=O) groups is 2. The van der Waals surface area contributed by atoms with Gasteiger partial charge in [-0.2, -0.15) is 0 Å². The Labute approximate surface area is 113 Å². The van der Waals surface area contributed by atoms with Crippen LogP contribution in [-0.4, -0.2) is 17.0 Å². The molecule has 0 fully saturated rings. The van der Waals surface area contributed by atoms with Gasteiger partial charge in [0.25, 0.3) is 5.91 Å². The maximum Gasteiger partial charge on any atom is 0.260 e. The van der Waals surface area contributed by atoms with Gasteiger partial charge in [-0.05, 0) is 18.4 Å². The van der Waals surface area contributed by atoms with E-state index >= 15 is 0 Å². The van der Waals surface area contributed by atoms with E-state index in [2.05, 4.69) is 10.5 Å². The molecule has 100 valence electrons. The van der Waals surface area contributed by atoms with Crippen molar-refractivity contribution in [2.24, 2.45) is 5.73 Å². The van der Waals surface area contributed by atoms with Gasteiger partial charge in [-0.1, -0.05) is 5.16 Å². The molecule has 2 amide bonds. The van der Waals surface area contributed by atoms with Crippen molar-refractivity contribution in [1.29, 1.82) is 0 Å². The van der Waals surface area contributed by atoms with Gasteiger partial charge in [0.15, 0.2) is 0 Å². The zero-order chi connectivity index (χ0) is 13.8. The molecule has 2 aromatic rings. The van der Waals surface area contributed by atoms with Crippen molar-refractivity contribution in [1.82, 2.24) is 5.16 Å². The molecule has 0 atom stereocenters. The number of aryl methyl sites for hydroxylation is 2. The first-order valence-electron chi connectivity index (χ1n) is 5.65. The monoisotopic (exact) mass is 279 g/mol. The minimum Gasteiger partial charge on any atom is -0.365 e. The summed E-state index contributed by atoms with van der Waals surface area (Å²) in [5, 5.41) is 8.10. The van der Waals surface area contributed by atoms with Gasteiger partial charge in [0, 0.05) is 18.9 Å². The van der Waals surface area contributed by atoms with E-state index in [1.54, 1.807) is 17.5 Å². The van der Waals surface area contributed by atoms with Crippen molar-refractivity contribution >= 4 is 28.8 Å². The third-order valence-corrected chi connectivity index (χ3v) is 3.37. The molecule has 2 heterocycles. The Morgan fingerprint density at radius 1 is 1.53 bits per heavy atom. The maximum absolute atomic E-state index is 11.7. The second-order valence-corrected chi connectivity index (χ2v) is 4.93. The smallest absolute Gasteiger partial charge is 0.260 e. The second kappa shape index (κ2) is 5.66. The van der Waals surface area contributed by atoms with Crippen LogP contribution in [0.2, 0.25) is 0 Å².